The lowest BCUT2D eigenvalue weighted by Crippen LogP contribution is -2.29. The first kappa shape index (κ1) is 34.2. The number of anilines is 4. The van der Waals surface area contributed by atoms with Crippen LogP contribution in [0.5, 0.6) is 11.5 Å². The quantitative estimate of drug-likeness (QED) is 0.0762. The van der Waals surface area contributed by atoms with Gasteiger partial charge >= 0.3 is 11.9 Å². The van der Waals surface area contributed by atoms with Gasteiger partial charge in [0.25, 0.3) is 23.6 Å². The number of ether oxygens (including phenoxy) is 2. The van der Waals surface area contributed by atoms with E-state index in [1.165, 1.54) is 36.4 Å². The van der Waals surface area contributed by atoms with Gasteiger partial charge in [0.1, 0.15) is 11.5 Å². The van der Waals surface area contributed by atoms with Gasteiger partial charge in [-0.2, -0.15) is 0 Å². The molecule has 0 radical (unpaired) electrons. The van der Waals surface area contributed by atoms with Crippen LogP contribution < -0.4 is 30.7 Å². The molecule has 6 aromatic rings. The molecule has 4 amide bonds. The third-order valence-corrected chi connectivity index (χ3v) is 9.22. The molecule has 8 rings (SSSR count). The summed E-state index contributed by atoms with van der Waals surface area (Å²) < 4.78 is 10.8. The molecule has 0 saturated carbocycles. The standard InChI is InChI=1S/C43H28N4O8/c44-28-7-15-32(16-8-28)54-42(52)26-5-19-34-36(22-26)40(50)46(38(34)48)30-11-1-24(2-12-30)21-25-3-13-31(14-4-25)47-39(49)35-20-6-27(23-37(35)41(47)51)43(53)55-33-17-9-29(45)10-18-33/h1-20,22-23H,21,44-45H2. The molecule has 0 saturated heterocycles. The molecule has 2 aliphatic heterocycles. The topological polar surface area (TPSA) is 179 Å². The Bertz CT molecular complexity index is 2400. The summed E-state index contributed by atoms with van der Waals surface area (Å²) in [7, 11) is 0. The minimum atomic E-state index is -0.684. The highest BCUT2D eigenvalue weighted by Gasteiger charge is 2.38. The van der Waals surface area contributed by atoms with Crippen LogP contribution in [0.1, 0.15) is 73.3 Å². The lowest BCUT2D eigenvalue weighted by molar-refractivity contribution is 0.0725. The van der Waals surface area contributed by atoms with E-state index in [-0.39, 0.29) is 44.9 Å². The normalized spacial score (nSPS) is 13.2. The van der Waals surface area contributed by atoms with E-state index in [1.54, 1.807) is 97.1 Å². The number of hydrogen-bond donors (Lipinski definition) is 2. The number of nitrogens with zero attached hydrogens (tertiary/aromatic N) is 2. The van der Waals surface area contributed by atoms with Crippen molar-refractivity contribution < 1.29 is 38.2 Å². The van der Waals surface area contributed by atoms with Crippen LogP contribution in [0.2, 0.25) is 0 Å². The van der Waals surface area contributed by atoms with Gasteiger partial charge in [-0.1, -0.05) is 24.3 Å². The lowest BCUT2D eigenvalue weighted by Gasteiger charge is -2.15. The summed E-state index contributed by atoms with van der Waals surface area (Å²) in [5.41, 5.74) is 15.6. The van der Waals surface area contributed by atoms with Crippen LogP contribution >= 0.6 is 0 Å². The Morgan fingerprint density at radius 1 is 0.436 bits per heavy atom. The van der Waals surface area contributed by atoms with E-state index in [9.17, 15) is 28.8 Å². The van der Waals surface area contributed by atoms with E-state index in [4.69, 9.17) is 20.9 Å². The fourth-order valence-electron chi connectivity index (χ4n) is 6.37. The number of fused-ring (bicyclic) bond motifs is 2. The second kappa shape index (κ2) is 13.6. The minimum absolute atomic E-state index is 0.0938. The number of benzene rings is 6. The van der Waals surface area contributed by atoms with Crippen LogP contribution in [0.25, 0.3) is 0 Å². The van der Waals surface area contributed by atoms with Crippen LogP contribution in [-0.4, -0.2) is 35.6 Å². The van der Waals surface area contributed by atoms with Crippen LogP contribution in [0.3, 0.4) is 0 Å². The molecular formula is C43H28N4O8. The number of hydrogen-bond acceptors (Lipinski definition) is 10. The molecule has 0 unspecified atom stereocenters. The van der Waals surface area contributed by atoms with Crippen LogP contribution in [0.4, 0.5) is 22.7 Å². The predicted molar refractivity (Wildman–Crippen MR) is 202 cm³/mol. The Kier molecular flexibility index (Phi) is 8.47. The number of esters is 2. The Labute approximate surface area is 313 Å². The molecule has 2 heterocycles. The Balaban J connectivity index is 0.918. The zero-order valence-electron chi connectivity index (χ0n) is 28.7. The molecule has 12 nitrogen and oxygen atoms in total. The molecule has 0 fully saturated rings. The van der Waals surface area contributed by atoms with Crippen LogP contribution in [-0.2, 0) is 6.42 Å². The summed E-state index contributed by atoms with van der Waals surface area (Å²) in [5.74, 6) is -2.94. The van der Waals surface area contributed by atoms with E-state index >= 15 is 0 Å². The average molecular weight is 729 g/mol. The van der Waals surface area contributed by atoms with Crippen molar-refractivity contribution >= 4 is 58.3 Å². The fraction of sp³-hybridized carbons (Fsp3) is 0.0233. The number of rotatable bonds is 8. The number of amides is 4. The van der Waals surface area contributed by atoms with Gasteiger partial charge in [-0.25, -0.2) is 19.4 Å². The third-order valence-electron chi connectivity index (χ3n) is 9.22. The van der Waals surface area contributed by atoms with Crippen molar-refractivity contribution in [3.63, 3.8) is 0 Å². The van der Waals surface area contributed by atoms with E-state index in [0.29, 0.717) is 29.2 Å². The van der Waals surface area contributed by atoms with Crippen LogP contribution in [0.15, 0.2) is 133 Å². The Morgan fingerprint density at radius 2 is 0.782 bits per heavy atom. The Morgan fingerprint density at radius 3 is 1.15 bits per heavy atom. The molecule has 0 aromatic heterocycles. The number of carbonyl (C=O) groups is 6. The van der Waals surface area contributed by atoms with E-state index in [0.717, 1.165) is 20.9 Å². The zero-order chi connectivity index (χ0) is 38.4. The van der Waals surface area contributed by atoms with E-state index < -0.39 is 35.6 Å². The molecule has 268 valence electrons. The van der Waals surface area contributed by atoms with Gasteiger partial charge in [0.05, 0.1) is 44.8 Å². The second-order valence-electron chi connectivity index (χ2n) is 12.8. The van der Waals surface area contributed by atoms with Crippen molar-refractivity contribution in [1.82, 2.24) is 0 Å². The van der Waals surface area contributed by atoms with Gasteiger partial charge in [-0.15, -0.1) is 0 Å². The highest BCUT2D eigenvalue weighted by atomic mass is 16.5. The zero-order valence-corrected chi connectivity index (χ0v) is 28.7. The van der Waals surface area contributed by atoms with Crippen molar-refractivity contribution in [2.24, 2.45) is 0 Å². The van der Waals surface area contributed by atoms with Crippen molar-refractivity contribution in [2.45, 2.75) is 6.42 Å². The second-order valence-corrected chi connectivity index (χ2v) is 12.8. The molecule has 0 aliphatic carbocycles. The third kappa shape index (κ3) is 6.44. The lowest BCUT2D eigenvalue weighted by atomic mass is 10.0. The molecule has 55 heavy (non-hydrogen) atoms. The van der Waals surface area contributed by atoms with E-state index in [2.05, 4.69) is 0 Å². The first-order chi connectivity index (χ1) is 26.5. The summed E-state index contributed by atoms with van der Waals surface area (Å²) in [6, 6.07) is 34.9. The maximum atomic E-state index is 13.4. The largest absolute Gasteiger partial charge is 0.423 e. The van der Waals surface area contributed by atoms with Gasteiger partial charge in [-0.3, -0.25) is 19.2 Å². The highest BCUT2D eigenvalue weighted by Crippen LogP contribution is 2.32. The van der Waals surface area contributed by atoms with Gasteiger partial charge in [0.2, 0.25) is 0 Å². The molecule has 0 atom stereocenters. The monoisotopic (exact) mass is 728 g/mol. The summed E-state index contributed by atoms with van der Waals surface area (Å²) in [6.45, 7) is 0. The molecule has 12 heteroatoms. The van der Waals surface area contributed by atoms with Crippen LogP contribution in [0, 0.1) is 0 Å². The van der Waals surface area contributed by atoms with E-state index in [1.807, 2.05) is 0 Å². The van der Waals surface area contributed by atoms with Crippen molar-refractivity contribution in [2.75, 3.05) is 21.3 Å². The predicted octanol–water partition coefficient (Wildman–Crippen LogP) is 6.48. The molecule has 4 N–H and O–H groups in total. The van der Waals surface area contributed by atoms with Crippen molar-refractivity contribution in [3.05, 3.63) is 178 Å². The fourth-order valence-corrected chi connectivity index (χ4v) is 6.37. The SMILES string of the molecule is Nc1ccc(OC(=O)c2ccc3c(c2)C(=O)N(c2ccc(Cc4ccc(N5C(=O)c6ccc(C(=O)Oc7ccc(N)cc7)cc6C5=O)cc4)cc2)C3=O)cc1. The summed E-state index contributed by atoms with van der Waals surface area (Å²) >= 11 is 0. The van der Waals surface area contributed by atoms with Gasteiger partial charge in [0.15, 0.2) is 0 Å². The Hall–Kier alpha value is -7.86. The molecule has 0 bridgehead atoms. The first-order valence-corrected chi connectivity index (χ1v) is 16.9. The first-order valence-electron chi connectivity index (χ1n) is 16.9. The summed E-state index contributed by atoms with van der Waals surface area (Å²) in [5, 5.41) is 0. The van der Waals surface area contributed by atoms with Gasteiger partial charge in [-0.05, 0) is 127 Å². The van der Waals surface area contributed by atoms with Gasteiger partial charge in [0, 0.05) is 11.4 Å². The smallest absolute Gasteiger partial charge is 0.343 e. The summed E-state index contributed by atoms with van der Waals surface area (Å²) in [4.78, 5) is 81.0. The molecule has 0 spiro atoms. The molecule has 6 aromatic carbocycles. The minimum Gasteiger partial charge on any atom is -0.423 e. The number of nitrogens with two attached hydrogens (primary N) is 2. The highest BCUT2D eigenvalue weighted by molar-refractivity contribution is 6.35. The maximum Gasteiger partial charge on any atom is 0.343 e. The maximum absolute atomic E-state index is 13.4. The summed E-state index contributed by atoms with van der Waals surface area (Å²) in [6.07, 6.45) is 0.476. The molecule has 2 aliphatic rings. The van der Waals surface area contributed by atoms with Crippen molar-refractivity contribution in [1.29, 1.82) is 0 Å². The number of imide groups is 2. The number of nitrogen functional groups attached to an aromatic ring is 2. The number of carbonyl (C=O) groups excluding carboxylic acids is 6. The average Bonchev–Trinajstić information content (AvgIpc) is 3.60. The van der Waals surface area contributed by atoms with Gasteiger partial charge < -0.3 is 20.9 Å². The molecular weight excluding hydrogens is 700 g/mol. The van der Waals surface area contributed by atoms with Crippen molar-refractivity contribution in [3.8, 4) is 11.5 Å².